The molecule has 0 bridgehead atoms. The second kappa shape index (κ2) is 6.95. The molecule has 2 unspecified atom stereocenters. The van der Waals surface area contributed by atoms with Gasteiger partial charge in [-0.25, -0.2) is 0 Å². The maximum absolute atomic E-state index is 6.07. The fraction of sp³-hybridized carbons (Fsp3) is 0.625. The Labute approximate surface area is 121 Å². The van der Waals surface area contributed by atoms with Crippen molar-refractivity contribution in [3.63, 3.8) is 0 Å². The van der Waals surface area contributed by atoms with Crippen LogP contribution < -0.4 is 15.2 Å². The molecule has 0 amide bonds. The summed E-state index contributed by atoms with van der Waals surface area (Å²) in [6.07, 6.45) is 3.70. The number of likely N-dealkylation sites (tertiary alicyclic amines) is 1. The Balaban J connectivity index is 2.31. The van der Waals surface area contributed by atoms with E-state index in [1.165, 1.54) is 19.3 Å². The Bertz CT molecular complexity index is 436. The lowest BCUT2D eigenvalue weighted by atomic mass is 10.0. The summed E-state index contributed by atoms with van der Waals surface area (Å²) in [4.78, 5) is 2.53. The van der Waals surface area contributed by atoms with Crippen LogP contribution in [0, 0.1) is 0 Å². The zero-order valence-electron chi connectivity index (χ0n) is 12.8. The van der Waals surface area contributed by atoms with Crippen LogP contribution in [0.3, 0.4) is 0 Å². The summed E-state index contributed by atoms with van der Waals surface area (Å²) in [5.41, 5.74) is 7.23. The third kappa shape index (κ3) is 2.91. The zero-order chi connectivity index (χ0) is 14.5. The van der Waals surface area contributed by atoms with E-state index in [4.69, 9.17) is 15.2 Å². The van der Waals surface area contributed by atoms with Crippen LogP contribution in [0.4, 0.5) is 0 Å². The zero-order valence-corrected chi connectivity index (χ0v) is 12.8. The molecular formula is C16H26N2O2. The van der Waals surface area contributed by atoms with E-state index in [9.17, 15) is 0 Å². The van der Waals surface area contributed by atoms with E-state index in [0.29, 0.717) is 12.6 Å². The van der Waals surface area contributed by atoms with Crippen molar-refractivity contribution in [2.45, 2.75) is 38.3 Å². The Morgan fingerprint density at radius 3 is 2.75 bits per heavy atom. The van der Waals surface area contributed by atoms with Crippen molar-refractivity contribution in [1.29, 1.82) is 0 Å². The van der Waals surface area contributed by atoms with Gasteiger partial charge >= 0.3 is 0 Å². The summed E-state index contributed by atoms with van der Waals surface area (Å²) in [5.74, 6) is 1.68. The van der Waals surface area contributed by atoms with Crippen molar-refractivity contribution in [3.05, 3.63) is 23.8 Å². The predicted octanol–water partition coefficient (Wildman–Crippen LogP) is 2.58. The number of nitrogens with two attached hydrogens (primary N) is 1. The maximum Gasteiger partial charge on any atom is 0.127 e. The van der Waals surface area contributed by atoms with Crippen LogP contribution in [-0.2, 0) is 0 Å². The van der Waals surface area contributed by atoms with Gasteiger partial charge in [0.15, 0.2) is 0 Å². The second-order valence-corrected chi connectivity index (χ2v) is 5.30. The highest BCUT2D eigenvalue weighted by atomic mass is 16.5. The number of benzene rings is 1. The molecule has 0 radical (unpaired) electrons. The van der Waals surface area contributed by atoms with Crippen LogP contribution in [0.5, 0.6) is 11.5 Å². The molecule has 1 aromatic rings. The molecule has 1 fully saturated rings. The topological polar surface area (TPSA) is 47.7 Å². The van der Waals surface area contributed by atoms with Crippen LogP contribution in [0.15, 0.2) is 18.2 Å². The number of hydrogen-bond donors (Lipinski definition) is 1. The van der Waals surface area contributed by atoms with Crippen LogP contribution in [0.1, 0.15) is 37.8 Å². The van der Waals surface area contributed by atoms with Gasteiger partial charge in [0.05, 0.1) is 20.3 Å². The smallest absolute Gasteiger partial charge is 0.127 e. The van der Waals surface area contributed by atoms with Crippen molar-refractivity contribution >= 4 is 0 Å². The number of nitrogens with zero attached hydrogens (tertiary/aromatic N) is 1. The molecule has 4 heteroatoms. The van der Waals surface area contributed by atoms with Crippen molar-refractivity contribution in [3.8, 4) is 11.5 Å². The first kappa shape index (κ1) is 15.1. The lowest BCUT2D eigenvalue weighted by Crippen LogP contribution is -2.37. The largest absolute Gasteiger partial charge is 0.497 e. The summed E-state index contributed by atoms with van der Waals surface area (Å²) in [7, 11) is 3.37. The molecule has 2 atom stereocenters. The third-order valence-corrected chi connectivity index (χ3v) is 4.32. The highest BCUT2D eigenvalue weighted by Gasteiger charge is 2.31. The standard InChI is InChI=1S/C16H26N2O2/c1-4-12-6-5-9-18(12)15(11-17)14-8-7-13(19-2)10-16(14)20-3/h7-8,10,12,15H,4-6,9,11,17H2,1-3H3. The first-order valence-electron chi connectivity index (χ1n) is 7.42. The summed E-state index contributed by atoms with van der Waals surface area (Å²) in [6.45, 7) is 3.98. The minimum atomic E-state index is 0.225. The van der Waals surface area contributed by atoms with Gasteiger partial charge in [-0.2, -0.15) is 0 Å². The van der Waals surface area contributed by atoms with Crippen molar-refractivity contribution < 1.29 is 9.47 Å². The van der Waals surface area contributed by atoms with E-state index in [0.717, 1.165) is 23.6 Å². The average Bonchev–Trinajstić information content (AvgIpc) is 2.96. The summed E-state index contributed by atoms with van der Waals surface area (Å²) in [5, 5.41) is 0. The lowest BCUT2D eigenvalue weighted by Gasteiger charge is -2.33. The fourth-order valence-electron chi connectivity index (χ4n) is 3.24. The van der Waals surface area contributed by atoms with Crippen molar-refractivity contribution in [2.24, 2.45) is 5.73 Å². The van der Waals surface area contributed by atoms with Crippen LogP contribution in [-0.4, -0.2) is 38.3 Å². The molecule has 2 N–H and O–H groups in total. The minimum absolute atomic E-state index is 0.225. The van der Waals surface area contributed by atoms with Gasteiger partial charge in [0.25, 0.3) is 0 Å². The Morgan fingerprint density at radius 1 is 1.35 bits per heavy atom. The van der Waals surface area contributed by atoms with E-state index < -0.39 is 0 Å². The predicted molar refractivity (Wildman–Crippen MR) is 81.4 cm³/mol. The third-order valence-electron chi connectivity index (χ3n) is 4.32. The molecule has 2 rings (SSSR count). The molecule has 1 aliphatic heterocycles. The molecule has 0 spiro atoms. The SMILES string of the molecule is CCC1CCCN1C(CN)c1ccc(OC)cc1OC. The highest BCUT2D eigenvalue weighted by molar-refractivity contribution is 5.42. The monoisotopic (exact) mass is 278 g/mol. The van der Waals surface area contributed by atoms with Crippen LogP contribution in [0.25, 0.3) is 0 Å². The first-order chi connectivity index (χ1) is 9.74. The van der Waals surface area contributed by atoms with Gasteiger partial charge in [-0.05, 0) is 31.9 Å². The van der Waals surface area contributed by atoms with Gasteiger partial charge in [-0.3, -0.25) is 4.90 Å². The van der Waals surface area contributed by atoms with Gasteiger partial charge in [0.2, 0.25) is 0 Å². The fourth-order valence-corrected chi connectivity index (χ4v) is 3.24. The van der Waals surface area contributed by atoms with E-state index in [1.54, 1.807) is 14.2 Å². The maximum atomic E-state index is 6.07. The molecule has 1 saturated heterocycles. The molecule has 0 aliphatic carbocycles. The van der Waals surface area contributed by atoms with Crippen LogP contribution >= 0.6 is 0 Å². The summed E-state index contributed by atoms with van der Waals surface area (Å²) in [6, 6.07) is 6.87. The quantitative estimate of drug-likeness (QED) is 0.869. The van der Waals surface area contributed by atoms with Gasteiger partial charge in [-0.15, -0.1) is 0 Å². The van der Waals surface area contributed by atoms with E-state index >= 15 is 0 Å². The first-order valence-corrected chi connectivity index (χ1v) is 7.42. The van der Waals surface area contributed by atoms with E-state index in [1.807, 2.05) is 12.1 Å². The Kier molecular flexibility index (Phi) is 5.26. The lowest BCUT2D eigenvalue weighted by molar-refractivity contribution is 0.177. The molecule has 20 heavy (non-hydrogen) atoms. The van der Waals surface area contributed by atoms with Crippen LogP contribution in [0.2, 0.25) is 0 Å². The van der Waals surface area contributed by atoms with Gasteiger partial charge in [-0.1, -0.05) is 13.0 Å². The normalized spacial score (nSPS) is 20.9. The molecule has 112 valence electrons. The van der Waals surface area contributed by atoms with Gasteiger partial charge < -0.3 is 15.2 Å². The average molecular weight is 278 g/mol. The number of methoxy groups -OCH3 is 2. The molecule has 1 aliphatic rings. The van der Waals surface area contributed by atoms with Crippen molar-refractivity contribution in [1.82, 2.24) is 4.90 Å². The van der Waals surface area contributed by atoms with E-state index in [-0.39, 0.29) is 6.04 Å². The number of ether oxygens (including phenoxy) is 2. The second-order valence-electron chi connectivity index (χ2n) is 5.30. The molecular weight excluding hydrogens is 252 g/mol. The van der Waals surface area contributed by atoms with Gasteiger partial charge in [0, 0.05) is 24.2 Å². The number of hydrogen-bond acceptors (Lipinski definition) is 4. The van der Waals surface area contributed by atoms with Gasteiger partial charge in [0.1, 0.15) is 11.5 Å². The Hall–Kier alpha value is -1.26. The summed E-state index contributed by atoms with van der Waals surface area (Å²) >= 11 is 0. The Morgan fingerprint density at radius 2 is 2.15 bits per heavy atom. The minimum Gasteiger partial charge on any atom is -0.497 e. The molecule has 1 aromatic carbocycles. The highest BCUT2D eigenvalue weighted by Crippen LogP contribution is 2.36. The molecule has 4 nitrogen and oxygen atoms in total. The van der Waals surface area contributed by atoms with Crippen molar-refractivity contribution in [2.75, 3.05) is 27.3 Å². The molecule has 1 heterocycles. The molecule has 0 saturated carbocycles. The summed E-state index contributed by atoms with van der Waals surface area (Å²) < 4.78 is 10.8. The van der Waals surface area contributed by atoms with E-state index in [2.05, 4.69) is 17.9 Å². The number of rotatable bonds is 6. The molecule has 0 aromatic heterocycles.